The Bertz CT molecular complexity index is 577. The second-order valence-electron chi connectivity index (χ2n) is 8.95. The largest absolute Gasteiger partial charge is 0.458 e. The fraction of sp³-hybridized carbons (Fsp3) is 0.833. The van der Waals surface area contributed by atoms with Crippen LogP contribution in [0.1, 0.15) is 60.8 Å². The number of rotatable bonds is 2. The average molecular weight is 370 g/mol. The van der Waals surface area contributed by atoms with Crippen molar-refractivity contribution in [1.29, 1.82) is 0 Å². The summed E-state index contributed by atoms with van der Waals surface area (Å²) in [5.74, 6) is -0.936. The lowest BCUT2D eigenvalue weighted by molar-refractivity contribution is -0.167. The van der Waals surface area contributed by atoms with Gasteiger partial charge in [-0.15, -0.1) is 0 Å². The number of aliphatic hydroxyl groups excluding tert-OH is 1. The number of hydrogen-bond donors (Lipinski definition) is 2. The molecule has 2 amide bonds. The molecule has 26 heavy (non-hydrogen) atoms. The molecule has 0 unspecified atom stereocenters. The van der Waals surface area contributed by atoms with E-state index in [0.717, 1.165) is 0 Å². The molecular formula is C18H30N2O6. The highest BCUT2D eigenvalue weighted by Crippen LogP contribution is 2.34. The highest BCUT2D eigenvalue weighted by molar-refractivity contribution is 5.91. The molecule has 0 spiro atoms. The number of piperidine rings is 1. The lowest BCUT2D eigenvalue weighted by Gasteiger charge is -2.40. The molecule has 0 aromatic rings. The third kappa shape index (κ3) is 4.87. The van der Waals surface area contributed by atoms with Gasteiger partial charge in [-0.3, -0.25) is 4.79 Å². The van der Waals surface area contributed by atoms with Crippen molar-refractivity contribution in [3.05, 3.63) is 0 Å². The lowest BCUT2D eigenvalue weighted by atomic mass is 9.95. The number of ether oxygens (including phenoxy) is 2. The molecule has 2 rings (SSSR count). The normalized spacial score (nSPS) is 29.2. The van der Waals surface area contributed by atoms with Crippen molar-refractivity contribution in [3.63, 3.8) is 0 Å². The van der Waals surface area contributed by atoms with E-state index in [0.29, 0.717) is 19.3 Å². The molecule has 8 heteroatoms. The first kappa shape index (κ1) is 20.5. The van der Waals surface area contributed by atoms with E-state index in [4.69, 9.17) is 9.47 Å². The Hall–Kier alpha value is -1.83. The molecule has 2 fully saturated rings. The summed E-state index contributed by atoms with van der Waals surface area (Å²) in [6, 6.07) is -2.06. The Morgan fingerprint density at radius 1 is 1.08 bits per heavy atom. The maximum atomic E-state index is 12.9. The quantitative estimate of drug-likeness (QED) is 0.711. The van der Waals surface area contributed by atoms with Gasteiger partial charge in [0.1, 0.15) is 23.3 Å². The van der Waals surface area contributed by atoms with Crippen LogP contribution in [0.4, 0.5) is 4.79 Å². The van der Waals surface area contributed by atoms with E-state index in [-0.39, 0.29) is 6.04 Å². The number of nitrogens with zero attached hydrogens (tertiary/aromatic N) is 1. The van der Waals surface area contributed by atoms with E-state index in [2.05, 4.69) is 5.32 Å². The third-order valence-corrected chi connectivity index (χ3v) is 4.27. The van der Waals surface area contributed by atoms with Gasteiger partial charge in [-0.25, -0.2) is 9.59 Å². The smallest absolute Gasteiger partial charge is 0.408 e. The van der Waals surface area contributed by atoms with Crippen molar-refractivity contribution in [1.82, 2.24) is 10.2 Å². The van der Waals surface area contributed by atoms with Crippen LogP contribution in [0, 0.1) is 0 Å². The number of carbonyl (C=O) groups is 3. The summed E-state index contributed by atoms with van der Waals surface area (Å²) in [6.45, 7) is 10.4. The topological polar surface area (TPSA) is 105 Å². The molecule has 2 heterocycles. The summed E-state index contributed by atoms with van der Waals surface area (Å²) in [4.78, 5) is 38.8. The first-order valence-electron chi connectivity index (χ1n) is 9.01. The molecule has 0 saturated carbocycles. The Balaban J connectivity index is 2.11. The van der Waals surface area contributed by atoms with Crippen LogP contribution in [-0.2, 0) is 19.1 Å². The highest BCUT2D eigenvalue weighted by atomic mass is 16.6. The van der Waals surface area contributed by atoms with Gasteiger partial charge in [0.25, 0.3) is 0 Å². The van der Waals surface area contributed by atoms with Crippen LogP contribution in [-0.4, -0.2) is 63.4 Å². The van der Waals surface area contributed by atoms with Gasteiger partial charge >= 0.3 is 12.1 Å². The summed E-state index contributed by atoms with van der Waals surface area (Å²) in [6.07, 6.45) is -0.399. The zero-order valence-corrected chi connectivity index (χ0v) is 16.4. The average Bonchev–Trinajstić information content (AvgIpc) is 2.83. The van der Waals surface area contributed by atoms with E-state index in [1.807, 2.05) is 0 Å². The molecule has 0 aromatic carbocycles. The molecule has 0 bridgehead atoms. The standard InChI is InChI=1S/C18H30N2O6/c1-17(2,3)25-15(23)11-8-7-10-9-12(21)13(14(22)20(10)11)19-16(24)26-18(4,5)6/h10-13,21H,7-9H2,1-6H3,(H,19,24)/t10-,11+,12-,13+/m1/s1. The molecule has 0 aromatic heterocycles. The van der Waals surface area contributed by atoms with Crippen LogP contribution in [0.15, 0.2) is 0 Å². The molecule has 2 saturated heterocycles. The van der Waals surface area contributed by atoms with Crippen molar-refractivity contribution in [3.8, 4) is 0 Å². The summed E-state index contributed by atoms with van der Waals surface area (Å²) in [5, 5.41) is 12.8. The van der Waals surface area contributed by atoms with Crippen LogP contribution in [0.5, 0.6) is 0 Å². The molecule has 2 aliphatic heterocycles. The minimum atomic E-state index is -1.14. The second-order valence-corrected chi connectivity index (χ2v) is 8.95. The number of fused-ring (bicyclic) bond motifs is 1. The van der Waals surface area contributed by atoms with E-state index < -0.39 is 47.4 Å². The Kier molecular flexibility index (Phi) is 5.56. The minimum absolute atomic E-state index is 0.230. The van der Waals surface area contributed by atoms with Gasteiger partial charge < -0.3 is 24.8 Å². The molecule has 0 aliphatic carbocycles. The molecular weight excluding hydrogens is 340 g/mol. The number of aliphatic hydroxyl groups is 1. The van der Waals surface area contributed by atoms with Gasteiger partial charge in [-0.1, -0.05) is 0 Å². The van der Waals surface area contributed by atoms with Gasteiger partial charge in [-0.05, 0) is 60.8 Å². The number of esters is 1. The van der Waals surface area contributed by atoms with E-state index in [9.17, 15) is 19.5 Å². The van der Waals surface area contributed by atoms with Crippen LogP contribution < -0.4 is 5.32 Å². The zero-order chi connectivity index (χ0) is 19.9. The Morgan fingerprint density at radius 2 is 1.65 bits per heavy atom. The van der Waals surface area contributed by atoms with Gasteiger partial charge in [0.15, 0.2) is 0 Å². The second kappa shape index (κ2) is 7.06. The molecule has 2 N–H and O–H groups in total. The van der Waals surface area contributed by atoms with Crippen LogP contribution in [0.2, 0.25) is 0 Å². The Labute approximate surface area is 154 Å². The van der Waals surface area contributed by atoms with Crippen LogP contribution >= 0.6 is 0 Å². The highest BCUT2D eigenvalue weighted by Gasteiger charge is 2.51. The number of carbonyl (C=O) groups excluding carboxylic acids is 3. The van der Waals surface area contributed by atoms with Crippen LogP contribution in [0.3, 0.4) is 0 Å². The third-order valence-electron chi connectivity index (χ3n) is 4.27. The zero-order valence-electron chi connectivity index (χ0n) is 16.4. The van der Waals surface area contributed by atoms with Crippen molar-refractivity contribution < 1.29 is 29.0 Å². The lowest BCUT2D eigenvalue weighted by Crippen LogP contribution is -2.63. The molecule has 2 aliphatic rings. The number of nitrogens with one attached hydrogen (secondary N) is 1. The van der Waals surface area contributed by atoms with Crippen molar-refractivity contribution in [2.45, 2.75) is 96.2 Å². The monoisotopic (exact) mass is 370 g/mol. The fourth-order valence-electron chi connectivity index (χ4n) is 3.38. The van der Waals surface area contributed by atoms with Gasteiger partial charge in [-0.2, -0.15) is 0 Å². The molecule has 4 atom stereocenters. The van der Waals surface area contributed by atoms with E-state index in [1.165, 1.54) is 4.90 Å². The first-order valence-corrected chi connectivity index (χ1v) is 9.01. The molecule has 0 radical (unpaired) electrons. The number of alkyl carbamates (subject to hydrolysis) is 1. The van der Waals surface area contributed by atoms with Gasteiger partial charge in [0.05, 0.1) is 6.10 Å². The molecule has 148 valence electrons. The first-order chi connectivity index (χ1) is 11.8. The predicted molar refractivity (Wildman–Crippen MR) is 93.3 cm³/mol. The summed E-state index contributed by atoms with van der Waals surface area (Å²) < 4.78 is 10.6. The van der Waals surface area contributed by atoms with E-state index >= 15 is 0 Å². The number of hydrogen-bond acceptors (Lipinski definition) is 6. The minimum Gasteiger partial charge on any atom is -0.458 e. The SMILES string of the molecule is CC(C)(C)OC(=O)N[C@@H]1C(=O)N2[C@H](CC[C@H]2C(=O)OC(C)(C)C)C[C@H]1O. The van der Waals surface area contributed by atoms with Gasteiger partial charge in [0, 0.05) is 6.04 Å². The van der Waals surface area contributed by atoms with Crippen molar-refractivity contribution >= 4 is 18.0 Å². The van der Waals surface area contributed by atoms with Crippen molar-refractivity contribution in [2.24, 2.45) is 0 Å². The summed E-state index contributed by atoms with van der Waals surface area (Å²) >= 11 is 0. The summed E-state index contributed by atoms with van der Waals surface area (Å²) in [5.41, 5.74) is -1.37. The maximum Gasteiger partial charge on any atom is 0.408 e. The predicted octanol–water partition coefficient (Wildman–Crippen LogP) is 1.35. The maximum absolute atomic E-state index is 12.9. The molecule has 8 nitrogen and oxygen atoms in total. The summed E-state index contributed by atoms with van der Waals surface area (Å²) in [7, 11) is 0. The van der Waals surface area contributed by atoms with Crippen LogP contribution in [0.25, 0.3) is 0 Å². The fourth-order valence-corrected chi connectivity index (χ4v) is 3.38. The van der Waals surface area contributed by atoms with E-state index in [1.54, 1.807) is 41.5 Å². The number of amides is 2. The Morgan fingerprint density at radius 3 is 2.19 bits per heavy atom. The van der Waals surface area contributed by atoms with Crippen molar-refractivity contribution in [2.75, 3.05) is 0 Å². The van der Waals surface area contributed by atoms with Gasteiger partial charge in [0.2, 0.25) is 5.91 Å².